The second-order valence-corrected chi connectivity index (χ2v) is 6.23. The van der Waals surface area contributed by atoms with E-state index >= 15 is 0 Å². The molecule has 0 aromatic carbocycles. The number of anilines is 1. The molecule has 1 aromatic rings. The first-order valence-electron chi connectivity index (χ1n) is 8.09. The topological polar surface area (TPSA) is 108 Å². The second kappa shape index (κ2) is 9.00. The predicted octanol–water partition coefficient (Wildman–Crippen LogP) is 0.630. The maximum atomic E-state index is 12.2. The number of likely N-dealkylation sites (tertiary alicyclic amines) is 1. The number of nitrogens with zero attached hydrogens (tertiary/aromatic N) is 3. The Morgan fingerprint density at radius 2 is 2.25 bits per heavy atom. The Balaban J connectivity index is 1.94. The van der Waals surface area contributed by atoms with E-state index in [0.717, 1.165) is 32.2 Å². The lowest BCUT2D eigenvalue weighted by atomic mass is 9.99. The van der Waals surface area contributed by atoms with Crippen LogP contribution in [0, 0.1) is 0 Å². The molecule has 3 N–H and O–H groups in total. The number of piperidine rings is 1. The van der Waals surface area contributed by atoms with Crippen molar-refractivity contribution in [2.75, 3.05) is 31.6 Å². The lowest BCUT2D eigenvalue weighted by molar-refractivity contribution is -0.139. The van der Waals surface area contributed by atoms with Gasteiger partial charge in [-0.05, 0) is 25.8 Å². The van der Waals surface area contributed by atoms with Crippen LogP contribution in [0.5, 0.6) is 0 Å². The van der Waals surface area contributed by atoms with Crippen molar-refractivity contribution in [1.82, 2.24) is 14.5 Å². The molecule has 1 aliphatic rings. The minimum atomic E-state index is -0.818. The number of carbonyl (C=O) groups is 1. The molecule has 1 unspecified atom stereocenters. The zero-order chi connectivity index (χ0) is 17.5. The highest BCUT2D eigenvalue weighted by atomic mass is 35.5. The summed E-state index contributed by atoms with van der Waals surface area (Å²) in [4.78, 5) is 29.1. The molecule has 134 valence electrons. The van der Waals surface area contributed by atoms with E-state index in [2.05, 4.69) is 10.3 Å². The summed E-state index contributed by atoms with van der Waals surface area (Å²) in [6.07, 6.45) is 5.16. The largest absolute Gasteiger partial charge is 0.480 e. The first-order chi connectivity index (χ1) is 11.5. The van der Waals surface area contributed by atoms with E-state index in [0.29, 0.717) is 6.54 Å². The number of aromatic nitrogens is 2. The van der Waals surface area contributed by atoms with E-state index in [1.54, 1.807) is 0 Å². The molecule has 0 saturated carbocycles. The molecule has 0 spiro atoms. The number of hydrogen-bond acceptors (Lipinski definition) is 6. The van der Waals surface area contributed by atoms with Crippen LogP contribution in [0.1, 0.15) is 25.7 Å². The van der Waals surface area contributed by atoms with Crippen LogP contribution in [0.3, 0.4) is 0 Å². The van der Waals surface area contributed by atoms with E-state index < -0.39 is 5.97 Å². The molecule has 0 amide bonds. The van der Waals surface area contributed by atoms with Gasteiger partial charge < -0.3 is 15.5 Å². The smallest absolute Gasteiger partial charge is 0.317 e. The van der Waals surface area contributed by atoms with E-state index in [1.807, 2.05) is 4.90 Å². The van der Waals surface area contributed by atoms with Crippen molar-refractivity contribution in [3.8, 4) is 0 Å². The van der Waals surface area contributed by atoms with Gasteiger partial charge in [0, 0.05) is 12.6 Å². The molecular weight excluding hydrogens is 336 g/mol. The summed E-state index contributed by atoms with van der Waals surface area (Å²) in [7, 11) is 0. The van der Waals surface area contributed by atoms with Crippen molar-refractivity contribution in [2.45, 2.75) is 38.3 Å². The predicted molar refractivity (Wildman–Crippen MR) is 90.5 cm³/mol. The van der Waals surface area contributed by atoms with Crippen molar-refractivity contribution in [2.24, 2.45) is 0 Å². The Morgan fingerprint density at radius 3 is 2.96 bits per heavy atom. The molecule has 8 nitrogen and oxygen atoms in total. The second-order valence-electron chi connectivity index (χ2n) is 5.84. The van der Waals surface area contributed by atoms with Gasteiger partial charge in [0.1, 0.15) is 5.15 Å². The Kier molecular flexibility index (Phi) is 7.01. The van der Waals surface area contributed by atoms with Crippen LogP contribution < -0.4 is 10.9 Å². The van der Waals surface area contributed by atoms with Crippen LogP contribution in [-0.4, -0.2) is 62.9 Å². The first kappa shape index (κ1) is 18.7. The summed E-state index contributed by atoms with van der Waals surface area (Å²) in [5.41, 5.74) is -0.373. The Hall–Kier alpha value is -1.64. The monoisotopic (exact) mass is 358 g/mol. The third-order valence-corrected chi connectivity index (χ3v) is 4.49. The fourth-order valence-electron chi connectivity index (χ4n) is 3.02. The number of hydrogen-bond donors (Lipinski definition) is 3. The standard InChI is InChI=1S/C15H23ClN4O4/c16-12-9-18-14(15(24)20(12)7-8-21)17-5-4-11-3-1-2-6-19(11)10-13(22)23/h9,11,21H,1-8,10H2,(H,17,18)(H,22,23). The molecule has 1 aromatic heterocycles. The van der Waals surface area contributed by atoms with E-state index in [9.17, 15) is 9.59 Å². The van der Waals surface area contributed by atoms with E-state index in [4.69, 9.17) is 21.8 Å². The van der Waals surface area contributed by atoms with Crippen LogP contribution in [0.15, 0.2) is 11.0 Å². The molecule has 1 aliphatic heterocycles. The summed E-state index contributed by atoms with van der Waals surface area (Å²) in [6, 6.07) is 0.189. The average Bonchev–Trinajstić information content (AvgIpc) is 2.54. The number of aliphatic carboxylic acids is 1. The molecule has 24 heavy (non-hydrogen) atoms. The molecule has 2 rings (SSSR count). The van der Waals surface area contributed by atoms with Crippen LogP contribution >= 0.6 is 11.6 Å². The molecule has 9 heteroatoms. The van der Waals surface area contributed by atoms with Gasteiger partial charge in [-0.1, -0.05) is 18.0 Å². The zero-order valence-corrected chi connectivity index (χ0v) is 14.2. The van der Waals surface area contributed by atoms with E-state index in [1.165, 1.54) is 10.8 Å². The number of carboxylic acids is 1. The minimum absolute atomic E-state index is 0.0488. The molecule has 1 fully saturated rings. The Bertz CT molecular complexity index is 622. The number of carboxylic acid groups (broad SMARTS) is 1. The zero-order valence-electron chi connectivity index (χ0n) is 13.4. The molecular formula is C15H23ClN4O4. The van der Waals surface area contributed by atoms with Crippen molar-refractivity contribution in [3.63, 3.8) is 0 Å². The molecule has 0 aliphatic carbocycles. The third kappa shape index (κ3) is 4.93. The van der Waals surface area contributed by atoms with Crippen LogP contribution in [0.4, 0.5) is 5.82 Å². The van der Waals surface area contributed by atoms with Crippen LogP contribution in [-0.2, 0) is 11.3 Å². The summed E-state index contributed by atoms with van der Waals surface area (Å²) in [5.74, 6) is -0.630. The summed E-state index contributed by atoms with van der Waals surface area (Å²) >= 11 is 5.90. The molecule has 1 saturated heterocycles. The Labute approximate surface area is 145 Å². The van der Waals surface area contributed by atoms with Crippen molar-refractivity contribution >= 4 is 23.4 Å². The number of rotatable bonds is 8. The van der Waals surface area contributed by atoms with Crippen LogP contribution in [0.2, 0.25) is 5.15 Å². The quantitative estimate of drug-likeness (QED) is 0.625. The van der Waals surface area contributed by atoms with Gasteiger partial charge in [-0.25, -0.2) is 4.98 Å². The lowest BCUT2D eigenvalue weighted by Gasteiger charge is -2.34. The molecule has 2 heterocycles. The van der Waals surface area contributed by atoms with Gasteiger partial charge in [-0.2, -0.15) is 0 Å². The highest BCUT2D eigenvalue weighted by Crippen LogP contribution is 2.19. The highest BCUT2D eigenvalue weighted by Gasteiger charge is 2.23. The lowest BCUT2D eigenvalue weighted by Crippen LogP contribution is -2.43. The number of nitrogens with one attached hydrogen (secondary N) is 1. The van der Waals surface area contributed by atoms with Crippen LogP contribution in [0.25, 0.3) is 0 Å². The normalized spacial score (nSPS) is 18.5. The van der Waals surface area contributed by atoms with Gasteiger partial charge in [-0.3, -0.25) is 19.1 Å². The Morgan fingerprint density at radius 1 is 1.46 bits per heavy atom. The van der Waals surface area contributed by atoms with Gasteiger partial charge in [0.25, 0.3) is 5.56 Å². The van der Waals surface area contributed by atoms with Gasteiger partial charge in [0.05, 0.1) is 25.9 Å². The average molecular weight is 359 g/mol. The number of aliphatic hydroxyl groups excluding tert-OH is 1. The highest BCUT2D eigenvalue weighted by molar-refractivity contribution is 6.29. The van der Waals surface area contributed by atoms with Gasteiger partial charge in [-0.15, -0.1) is 0 Å². The minimum Gasteiger partial charge on any atom is -0.480 e. The maximum absolute atomic E-state index is 12.2. The molecule has 1 atom stereocenters. The SMILES string of the molecule is O=C(O)CN1CCCCC1CCNc1ncc(Cl)n(CCO)c1=O. The van der Waals surface area contributed by atoms with Gasteiger partial charge >= 0.3 is 5.97 Å². The van der Waals surface area contributed by atoms with Crippen molar-refractivity contribution in [1.29, 1.82) is 0 Å². The van der Waals surface area contributed by atoms with Crippen molar-refractivity contribution < 1.29 is 15.0 Å². The molecule has 0 bridgehead atoms. The van der Waals surface area contributed by atoms with Crippen molar-refractivity contribution in [3.05, 3.63) is 21.7 Å². The fraction of sp³-hybridized carbons (Fsp3) is 0.667. The number of aliphatic hydroxyl groups is 1. The molecule has 0 radical (unpaired) electrons. The van der Waals surface area contributed by atoms with Gasteiger partial charge in [0.15, 0.2) is 5.82 Å². The van der Waals surface area contributed by atoms with E-state index in [-0.39, 0.29) is 42.3 Å². The fourth-order valence-corrected chi connectivity index (χ4v) is 3.23. The summed E-state index contributed by atoms with van der Waals surface area (Å²) in [5, 5.41) is 21.2. The summed E-state index contributed by atoms with van der Waals surface area (Å²) in [6.45, 7) is 1.29. The number of halogens is 1. The van der Waals surface area contributed by atoms with Gasteiger partial charge in [0.2, 0.25) is 0 Å². The summed E-state index contributed by atoms with van der Waals surface area (Å²) < 4.78 is 1.26. The third-order valence-electron chi connectivity index (χ3n) is 4.19. The maximum Gasteiger partial charge on any atom is 0.317 e. The first-order valence-corrected chi connectivity index (χ1v) is 8.46.